The van der Waals surface area contributed by atoms with Crippen molar-refractivity contribution in [2.24, 2.45) is 4.99 Å². The van der Waals surface area contributed by atoms with Gasteiger partial charge in [0.05, 0.1) is 40.3 Å². The van der Waals surface area contributed by atoms with Crippen molar-refractivity contribution in [1.82, 2.24) is 19.6 Å². The molecule has 1 saturated carbocycles. The molecule has 2 aromatic carbocycles. The highest BCUT2D eigenvalue weighted by molar-refractivity contribution is 7.07. The van der Waals surface area contributed by atoms with Gasteiger partial charge in [-0.25, -0.2) is 14.5 Å². The molecule has 0 bridgehead atoms. The van der Waals surface area contributed by atoms with Gasteiger partial charge in [0.25, 0.3) is 5.56 Å². The van der Waals surface area contributed by atoms with E-state index in [0.717, 1.165) is 29.7 Å². The van der Waals surface area contributed by atoms with E-state index in [1.54, 1.807) is 29.3 Å². The zero-order valence-corrected chi connectivity index (χ0v) is 23.1. The molecule has 1 aliphatic carbocycles. The first kappa shape index (κ1) is 26.1. The van der Waals surface area contributed by atoms with Crippen LogP contribution in [0.3, 0.4) is 0 Å². The Hall–Kier alpha value is -4.15. The van der Waals surface area contributed by atoms with Crippen LogP contribution in [0, 0.1) is 0 Å². The number of nitrogens with zero attached hydrogens (tertiary/aromatic N) is 5. The Labute approximate surface area is 234 Å². The molecular formula is C30H29N5O4S. The third-order valence-corrected chi connectivity index (χ3v) is 8.47. The van der Waals surface area contributed by atoms with E-state index >= 15 is 0 Å². The van der Waals surface area contributed by atoms with Gasteiger partial charge in [-0.2, -0.15) is 0 Å². The van der Waals surface area contributed by atoms with Gasteiger partial charge in [-0.3, -0.25) is 9.36 Å². The quantitative estimate of drug-likeness (QED) is 0.366. The Morgan fingerprint density at radius 2 is 1.88 bits per heavy atom. The predicted molar refractivity (Wildman–Crippen MR) is 151 cm³/mol. The van der Waals surface area contributed by atoms with Crippen molar-refractivity contribution in [2.75, 3.05) is 6.61 Å². The number of allylic oxidation sites excluding steroid dienone is 1. The predicted octanol–water partition coefficient (Wildman–Crippen LogP) is 3.14. The first-order chi connectivity index (χ1) is 19.4. The smallest absolute Gasteiger partial charge is 0.338 e. The lowest BCUT2D eigenvalue weighted by Gasteiger charge is -2.24. The Bertz CT molecular complexity index is 1780. The number of aromatic nitrogens is 4. The SMILES string of the molecule is CCOC(=O)C1=C(C)N=c2s/c(=C\c3ccc(-n4cc(C5(O)CCCC5)nn4)cc3)c(=O)n2C1c1ccccc1. The molecule has 0 spiro atoms. The monoisotopic (exact) mass is 555 g/mol. The Morgan fingerprint density at radius 1 is 1.15 bits per heavy atom. The molecule has 1 unspecified atom stereocenters. The van der Waals surface area contributed by atoms with Crippen molar-refractivity contribution in [3.05, 3.63) is 109 Å². The van der Waals surface area contributed by atoms with Crippen LogP contribution in [0.25, 0.3) is 11.8 Å². The molecule has 9 nitrogen and oxygen atoms in total. The maximum absolute atomic E-state index is 13.7. The Morgan fingerprint density at radius 3 is 2.58 bits per heavy atom. The number of hydrogen-bond acceptors (Lipinski definition) is 8. The highest BCUT2D eigenvalue weighted by atomic mass is 32.1. The van der Waals surface area contributed by atoms with Crippen LogP contribution >= 0.6 is 11.3 Å². The zero-order chi connectivity index (χ0) is 27.9. The molecule has 40 heavy (non-hydrogen) atoms. The van der Waals surface area contributed by atoms with E-state index in [1.807, 2.05) is 60.7 Å². The van der Waals surface area contributed by atoms with Gasteiger partial charge in [-0.05, 0) is 56.0 Å². The third kappa shape index (κ3) is 4.63. The summed E-state index contributed by atoms with van der Waals surface area (Å²) in [6.07, 6.45) is 6.98. The minimum atomic E-state index is -0.893. The molecule has 0 saturated heterocycles. The molecule has 204 valence electrons. The number of carbonyl (C=O) groups is 1. The van der Waals surface area contributed by atoms with E-state index in [1.165, 1.54) is 11.3 Å². The topological polar surface area (TPSA) is 112 Å². The summed E-state index contributed by atoms with van der Waals surface area (Å²) >= 11 is 1.29. The standard InChI is InChI=1S/C30H29N5O4S/c1-3-39-28(37)25-19(2)31-29-35(26(25)21-9-5-4-6-10-21)27(36)23(40-29)17-20-11-13-22(14-12-20)34-18-24(32-33-34)30(38)15-7-8-16-30/h4-6,9-14,17-18,26,38H,3,7-8,15-16H2,1-2H3/b23-17-. The zero-order valence-electron chi connectivity index (χ0n) is 22.3. The molecule has 1 N–H and O–H groups in total. The first-order valence-electron chi connectivity index (χ1n) is 13.4. The molecule has 1 aliphatic heterocycles. The van der Waals surface area contributed by atoms with Crippen molar-refractivity contribution in [3.63, 3.8) is 0 Å². The van der Waals surface area contributed by atoms with E-state index in [-0.39, 0.29) is 12.2 Å². The van der Waals surface area contributed by atoms with Crippen LogP contribution in [0.4, 0.5) is 0 Å². The minimum Gasteiger partial charge on any atom is -0.463 e. The van der Waals surface area contributed by atoms with Crippen molar-refractivity contribution in [3.8, 4) is 5.69 Å². The molecule has 2 aliphatic rings. The lowest BCUT2D eigenvalue weighted by Crippen LogP contribution is -2.39. The van der Waals surface area contributed by atoms with Gasteiger partial charge in [0.2, 0.25) is 0 Å². The number of rotatable bonds is 6. The van der Waals surface area contributed by atoms with E-state index in [4.69, 9.17) is 4.74 Å². The van der Waals surface area contributed by atoms with Crippen molar-refractivity contribution >= 4 is 23.4 Å². The molecule has 0 radical (unpaired) electrons. The first-order valence-corrected chi connectivity index (χ1v) is 14.2. The van der Waals surface area contributed by atoms with Gasteiger partial charge >= 0.3 is 5.97 Å². The van der Waals surface area contributed by atoms with Crippen LogP contribution in [0.1, 0.15) is 62.4 Å². The van der Waals surface area contributed by atoms with E-state index in [2.05, 4.69) is 15.3 Å². The highest BCUT2D eigenvalue weighted by Gasteiger charge is 2.36. The van der Waals surface area contributed by atoms with Crippen molar-refractivity contribution < 1.29 is 14.6 Å². The third-order valence-electron chi connectivity index (χ3n) is 7.49. The number of esters is 1. The fourth-order valence-corrected chi connectivity index (χ4v) is 6.48. The summed E-state index contributed by atoms with van der Waals surface area (Å²) in [5, 5.41) is 19.3. The largest absolute Gasteiger partial charge is 0.463 e. The number of ether oxygens (including phenoxy) is 1. The number of carbonyl (C=O) groups excluding carboxylic acids is 1. The lowest BCUT2D eigenvalue weighted by molar-refractivity contribution is -0.139. The average Bonchev–Trinajstić information content (AvgIpc) is 3.70. The minimum absolute atomic E-state index is 0.221. The maximum atomic E-state index is 13.7. The fraction of sp³-hybridized carbons (Fsp3) is 0.300. The number of hydrogen-bond donors (Lipinski definition) is 1. The van der Waals surface area contributed by atoms with Crippen LogP contribution in [0.2, 0.25) is 0 Å². The summed E-state index contributed by atoms with van der Waals surface area (Å²) < 4.78 is 9.10. The van der Waals surface area contributed by atoms with Crippen molar-refractivity contribution in [1.29, 1.82) is 0 Å². The van der Waals surface area contributed by atoms with E-state index in [9.17, 15) is 14.7 Å². The molecule has 4 aromatic rings. The average molecular weight is 556 g/mol. The summed E-state index contributed by atoms with van der Waals surface area (Å²) in [6.45, 7) is 3.76. The summed E-state index contributed by atoms with van der Waals surface area (Å²) in [5.41, 5.74) is 2.84. The second kappa shape index (κ2) is 10.4. The van der Waals surface area contributed by atoms with Crippen LogP contribution in [0.15, 0.2) is 81.9 Å². The maximum Gasteiger partial charge on any atom is 0.338 e. The number of aliphatic hydroxyl groups is 1. The molecule has 1 atom stereocenters. The van der Waals surface area contributed by atoms with Crippen LogP contribution in [-0.4, -0.2) is 37.2 Å². The molecule has 2 aromatic heterocycles. The van der Waals surface area contributed by atoms with Crippen LogP contribution in [0.5, 0.6) is 0 Å². The molecule has 1 fully saturated rings. The molecule has 10 heteroatoms. The van der Waals surface area contributed by atoms with Gasteiger partial charge in [0.1, 0.15) is 11.3 Å². The van der Waals surface area contributed by atoms with Gasteiger partial charge in [0.15, 0.2) is 4.80 Å². The van der Waals surface area contributed by atoms with Gasteiger partial charge < -0.3 is 9.84 Å². The summed E-state index contributed by atoms with van der Waals surface area (Å²) in [5.74, 6) is -0.473. The van der Waals surface area contributed by atoms with Crippen LogP contribution in [-0.2, 0) is 15.1 Å². The molecule has 3 heterocycles. The highest BCUT2D eigenvalue weighted by Crippen LogP contribution is 2.37. The lowest BCUT2D eigenvalue weighted by atomic mass is 9.96. The normalized spacial score (nSPS) is 18.5. The Balaban J connectivity index is 1.36. The number of benzene rings is 2. The summed E-state index contributed by atoms with van der Waals surface area (Å²) in [4.78, 5) is 31.9. The van der Waals surface area contributed by atoms with E-state index < -0.39 is 17.6 Å². The number of thiazole rings is 1. The van der Waals surface area contributed by atoms with Crippen LogP contribution < -0.4 is 14.9 Å². The Kier molecular flexibility index (Phi) is 6.81. The molecule has 0 amide bonds. The fourth-order valence-electron chi connectivity index (χ4n) is 5.44. The van der Waals surface area contributed by atoms with E-state index in [0.29, 0.717) is 39.1 Å². The molecule has 6 rings (SSSR count). The molecular weight excluding hydrogens is 526 g/mol. The van der Waals surface area contributed by atoms with Gasteiger partial charge in [-0.15, -0.1) is 5.10 Å². The number of fused-ring (bicyclic) bond motifs is 1. The van der Waals surface area contributed by atoms with Crippen molar-refractivity contribution in [2.45, 2.75) is 51.2 Å². The summed E-state index contributed by atoms with van der Waals surface area (Å²) in [7, 11) is 0. The van der Waals surface area contributed by atoms with Gasteiger partial charge in [0, 0.05) is 0 Å². The second-order valence-electron chi connectivity index (χ2n) is 10.1. The van der Waals surface area contributed by atoms with Gasteiger partial charge in [-0.1, -0.05) is 71.9 Å². The second-order valence-corrected chi connectivity index (χ2v) is 11.1. The summed E-state index contributed by atoms with van der Waals surface area (Å²) in [6, 6.07) is 16.5.